The summed E-state index contributed by atoms with van der Waals surface area (Å²) in [5, 5.41) is 3.38. The fraction of sp³-hybridized carbons (Fsp3) is 0.533. The lowest BCUT2D eigenvalue weighted by Gasteiger charge is -2.32. The fourth-order valence-electron chi connectivity index (χ4n) is 2.72. The summed E-state index contributed by atoms with van der Waals surface area (Å²) in [5.41, 5.74) is 1.14. The Morgan fingerprint density at radius 1 is 1.32 bits per heavy atom. The molecule has 1 aromatic carbocycles. The van der Waals surface area contributed by atoms with E-state index in [9.17, 15) is 4.79 Å². The minimum absolute atomic E-state index is 0.0151. The second-order valence-corrected chi connectivity index (χ2v) is 5.56. The Bertz CT molecular complexity index is 432. The summed E-state index contributed by atoms with van der Waals surface area (Å²) in [7, 11) is 4.07. The summed E-state index contributed by atoms with van der Waals surface area (Å²) in [6, 6.07) is 10.2. The van der Waals surface area contributed by atoms with Gasteiger partial charge in [-0.3, -0.25) is 10.1 Å². The molecule has 4 heteroatoms. The second kappa shape index (κ2) is 5.72. The van der Waals surface area contributed by atoms with E-state index in [1.165, 1.54) is 0 Å². The van der Waals surface area contributed by atoms with Crippen LogP contribution < -0.4 is 5.32 Å². The number of carbonyl (C=O) groups excluding carboxylic acids is 1. The highest BCUT2D eigenvalue weighted by atomic mass is 16.2. The lowest BCUT2D eigenvalue weighted by Crippen LogP contribution is -2.43. The van der Waals surface area contributed by atoms with Gasteiger partial charge in [0.05, 0.1) is 6.04 Å². The number of rotatable bonds is 4. The zero-order chi connectivity index (χ0) is 14.0. The van der Waals surface area contributed by atoms with E-state index in [1.54, 1.807) is 0 Å². The van der Waals surface area contributed by atoms with Crippen LogP contribution in [0.25, 0.3) is 0 Å². The number of benzene rings is 1. The highest BCUT2D eigenvalue weighted by Crippen LogP contribution is 2.27. The molecule has 1 fully saturated rings. The van der Waals surface area contributed by atoms with Crippen molar-refractivity contribution in [1.29, 1.82) is 0 Å². The molecule has 0 radical (unpaired) electrons. The molecule has 1 aliphatic rings. The normalized spacial score (nSPS) is 25.1. The van der Waals surface area contributed by atoms with Gasteiger partial charge in [-0.1, -0.05) is 30.3 Å². The lowest BCUT2D eigenvalue weighted by molar-refractivity contribution is -0.132. The van der Waals surface area contributed by atoms with Crippen molar-refractivity contribution in [3.8, 4) is 0 Å². The van der Waals surface area contributed by atoms with Crippen LogP contribution in [0.3, 0.4) is 0 Å². The van der Waals surface area contributed by atoms with E-state index >= 15 is 0 Å². The Kier molecular flexibility index (Phi) is 4.22. The molecule has 1 heterocycles. The van der Waals surface area contributed by atoms with Gasteiger partial charge in [-0.25, -0.2) is 0 Å². The van der Waals surface area contributed by atoms with Gasteiger partial charge in [-0.15, -0.1) is 0 Å². The van der Waals surface area contributed by atoms with Crippen LogP contribution in [-0.2, 0) is 4.79 Å². The molecule has 19 heavy (non-hydrogen) atoms. The van der Waals surface area contributed by atoms with Crippen molar-refractivity contribution < 1.29 is 4.79 Å². The van der Waals surface area contributed by atoms with Gasteiger partial charge < -0.3 is 9.80 Å². The van der Waals surface area contributed by atoms with Crippen molar-refractivity contribution in [1.82, 2.24) is 15.1 Å². The SMILES string of the molecule is CC1NC(c2ccccc2)N(C(C)CN(C)C)C1=O. The maximum absolute atomic E-state index is 12.4. The number of hydrogen-bond acceptors (Lipinski definition) is 3. The summed E-state index contributed by atoms with van der Waals surface area (Å²) in [6.07, 6.45) is -0.0151. The zero-order valence-electron chi connectivity index (χ0n) is 12.1. The standard InChI is InChI=1S/C15H23N3O/c1-11(10-17(3)4)18-14(16-12(2)15(18)19)13-8-6-5-7-9-13/h5-9,11-12,14,16H,10H2,1-4H3. The number of carbonyl (C=O) groups is 1. The fourth-order valence-corrected chi connectivity index (χ4v) is 2.72. The first-order valence-corrected chi connectivity index (χ1v) is 6.78. The molecule has 3 atom stereocenters. The molecule has 1 aliphatic heterocycles. The van der Waals surface area contributed by atoms with Crippen molar-refractivity contribution in [2.24, 2.45) is 0 Å². The molecule has 4 nitrogen and oxygen atoms in total. The number of amides is 1. The Labute approximate surface area is 115 Å². The second-order valence-electron chi connectivity index (χ2n) is 5.56. The Morgan fingerprint density at radius 3 is 2.53 bits per heavy atom. The Balaban J connectivity index is 2.24. The van der Waals surface area contributed by atoms with Crippen LogP contribution in [0.1, 0.15) is 25.6 Å². The van der Waals surface area contributed by atoms with E-state index in [1.807, 2.05) is 44.1 Å². The van der Waals surface area contributed by atoms with Crippen LogP contribution in [0.5, 0.6) is 0 Å². The average molecular weight is 261 g/mol. The largest absolute Gasteiger partial charge is 0.318 e. The molecule has 1 aromatic rings. The topological polar surface area (TPSA) is 35.6 Å². The van der Waals surface area contributed by atoms with Gasteiger partial charge in [0.25, 0.3) is 0 Å². The average Bonchev–Trinajstić information content (AvgIpc) is 2.66. The third-order valence-corrected chi connectivity index (χ3v) is 3.53. The summed E-state index contributed by atoms with van der Waals surface area (Å²) < 4.78 is 0. The predicted octanol–water partition coefficient (Wildman–Crippen LogP) is 1.46. The third-order valence-electron chi connectivity index (χ3n) is 3.53. The van der Waals surface area contributed by atoms with Crippen molar-refractivity contribution in [3.05, 3.63) is 35.9 Å². The van der Waals surface area contributed by atoms with E-state index in [-0.39, 0.29) is 24.2 Å². The molecule has 0 aliphatic carbocycles. The van der Waals surface area contributed by atoms with Gasteiger partial charge >= 0.3 is 0 Å². The van der Waals surface area contributed by atoms with E-state index < -0.39 is 0 Å². The molecule has 104 valence electrons. The van der Waals surface area contributed by atoms with Crippen LogP contribution >= 0.6 is 0 Å². The minimum atomic E-state index is -0.116. The highest BCUT2D eigenvalue weighted by Gasteiger charge is 2.39. The highest BCUT2D eigenvalue weighted by molar-refractivity contribution is 5.84. The van der Waals surface area contributed by atoms with Crippen molar-refractivity contribution in [2.45, 2.75) is 32.1 Å². The van der Waals surface area contributed by atoms with Crippen molar-refractivity contribution >= 4 is 5.91 Å². The van der Waals surface area contributed by atoms with Crippen molar-refractivity contribution in [3.63, 3.8) is 0 Å². The summed E-state index contributed by atoms with van der Waals surface area (Å²) in [6.45, 7) is 4.90. The molecule has 2 rings (SSSR count). The monoisotopic (exact) mass is 261 g/mol. The maximum Gasteiger partial charge on any atom is 0.241 e. The van der Waals surface area contributed by atoms with Gasteiger partial charge in [0.15, 0.2) is 0 Å². The van der Waals surface area contributed by atoms with Gasteiger partial charge in [0.1, 0.15) is 6.17 Å². The van der Waals surface area contributed by atoms with E-state index in [0.29, 0.717) is 0 Å². The molecule has 0 spiro atoms. The first-order chi connectivity index (χ1) is 9.00. The lowest BCUT2D eigenvalue weighted by atomic mass is 10.1. The number of nitrogens with zero attached hydrogens (tertiary/aromatic N) is 2. The molecule has 0 bridgehead atoms. The molecule has 1 N–H and O–H groups in total. The van der Waals surface area contributed by atoms with Gasteiger partial charge in [0, 0.05) is 12.6 Å². The van der Waals surface area contributed by atoms with Crippen LogP contribution in [0.15, 0.2) is 30.3 Å². The first-order valence-electron chi connectivity index (χ1n) is 6.78. The van der Waals surface area contributed by atoms with Gasteiger partial charge in [0.2, 0.25) is 5.91 Å². The predicted molar refractivity (Wildman–Crippen MR) is 76.6 cm³/mol. The molecule has 1 amide bonds. The molecular formula is C15H23N3O. The Hall–Kier alpha value is -1.39. The molecular weight excluding hydrogens is 238 g/mol. The van der Waals surface area contributed by atoms with Crippen molar-refractivity contribution in [2.75, 3.05) is 20.6 Å². The van der Waals surface area contributed by atoms with E-state index in [2.05, 4.69) is 29.3 Å². The number of nitrogens with one attached hydrogen (secondary N) is 1. The number of likely N-dealkylation sites (N-methyl/N-ethyl adjacent to an activating group) is 1. The summed E-state index contributed by atoms with van der Waals surface area (Å²) in [5.74, 6) is 0.184. The van der Waals surface area contributed by atoms with Crippen LogP contribution in [-0.4, -0.2) is 48.4 Å². The molecule has 0 saturated carbocycles. The van der Waals surface area contributed by atoms with Gasteiger partial charge in [-0.05, 0) is 33.5 Å². The molecule has 0 aromatic heterocycles. The summed E-state index contributed by atoms with van der Waals surface area (Å²) >= 11 is 0. The maximum atomic E-state index is 12.4. The van der Waals surface area contributed by atoms with Gasteiger partial charge in [-0.2, -0.15) is 0 Å². The quantitative estimate of drug-likeness (QED) is 0.891. The zero-order valence-corrected chi connectivity index (χ0v) is 12.1. The minimum Gasteiger partial charge on any atom is -0.318 e. The molecule has 3 unspecified atom stereocenters. The smallest absolute Gasteiger partial charge is 0.241 e. The van der Waals surface area contributed by atoms with Crippen LogP contribution in [0.2, 0.25) is 0 Å². The first kappa shape index (κ1) is 14.0. The number of hydrogen-bond donors (Lipinski definition) is 1. The molecule has 1 saturated heterocycles. The third kappa shape index (κ3) is 2.96. The Morgan fingerprint density at radius 2 is 1.95 bits per heavy atom. The van der Waals surface area contributed by atoms with E-state index in [4.69, 9.17) is 0 Å². The van der Waals surface area contributed by atoms with E-state index in [0.717, 1.165) is 12.1 Å². The summed E-state index contributed by atoms with van der Waals surface area (Å²) in [4.78, 5) is 16.4. The van der Waals surface area contributed by atoms with Crippen LogP contribution in [0.4, 0.5) is 0 Å². The van der Waals surface area contributed by atoms with Crippen LogP contribution in [0, 0.1) is 0 Å².